The quantitative estimate of drug-likeness (QED) is 0.581. The first-order valence-electron chi connectivity index (χ1n) is 3.18. The van der Waals surface area contributed by atoms with Crippen LogP contribution in [0.15, 0.2) is 17.1 Å². The topological polar surface area (TPSA) is 49.7 Å². The molecule has 1 aliphatic heterocycles. The minimum Gasteiger partial charge on any atom is -0.481 e. The van der Waals surface area contributed by atoms with Crippen LogP contribution in [0.25, 0.3) is 0 Å². The zero-order valence-electron chi connectivity index (χ0n) is 5.53. The molecule has 0 aliphatic carbocycles. The standard InChI is InChI=1S/C7H9NO2/c9-7(10)6-3-1-2-4-8-5-6/h1-2,4,6H,3,5H2,(H,9,10). The van der Waals surface area contributed by atoms with Crippen molar-refractivity contribution in [2.24, 2.45) is 10.9 Å². The molecule has 0 aromatic rings. The van der Waals surface area contributed by atoms with Gasteiger partial charge in [-0.2, -0.15) is 0 Å². The van der Waals surface area contributed by atoms with Gasteiger partial charge in [-0.15, -0.1) is 0 Å². The van der Waals surface area contributed by atoms with E-state index in [1.54, 1.807) is 12.3 Å². The van der Waals surface area contributed by atoms with E-state index in [-0.39, 0.29) is 5.92 Å². The lowest BCUT2D eigenvalue weighted by Crippen LogP contribution is -2.15. The van der Waals surface area contributed by atoms with Gasteiger partial charge in [0, 0.05) is 6.21 Å². The van der Waals surface area contributed by atoms with Crippen LogP contribution in [0.3, 0.4) is 0 Å². The average Bonchev–Trinajstić information content (AvgIpc) is 2.12. The number of allylic oxidation sites excluding steroid dienone is 2. The van der Waals surface area contributed by atoms with Crippen LogP contribution in [-0.2, 0) is 4.79 Å². The molecule has 0 radical (unpaired) electrons. The molecule has 0 aromatic carbocycles. The van der Waals surface area contributed by atoms with E-state index in [4.69, 9.17) is 5.11 Å². The number of hydrogen-bond donors (Lipinski definition) is 1. The maximum Gasteiger partial charge on any atom is 0.308 e. The summed E-state index contributed by atoms with van der Waals surface area (Å²) in [4.78, 5) is 14.3. The molecule has 54 valence electrons. The Hall–Kier alpha value is -1.12. The van der Waals surface area contributed by atoms with Crippen molar-refractivity contribution >= 4 is 12.2 Å². The molecule has 1 rings (SSSR count). The van der Waals surface area contributed by atoms with Crippen molar-refractivity contribution in [1.29, 1.82) is 0 Å². The summed E-state index contributed by atoms with van der Waals surface area (Å²) in [5.41, 5.74) is 0. The SMILES string of the molecule is O=C(O)C1CC=CC=NC1. The highest BCUT2D eigenvalue weighted by atomic mass is 16.4. The fourth-order valence-electron chi connectivity index (χ4n) is 0.806. The Morgan fingerprint density at radius 2 is 2.50 bits per heavy atom. The van der Waals surface area contributed by atoms with Crippen LogP contribution in [0.2, 0.25) is 0 Å². The zero-order chi connectivity index (χ0) is 7.40. The van der Waals surface area contributed by atoms with Crippen molar-refractivity contribution in [2.75, 3.05) is 6.54 Å². The summed E-state index contributed by atoms with van der Waals surface area (Å²) in [5, 5.41) is 8.56. The summed E-state index contributed by atoms with van der Waals surface area (Å²) < 4.78 is 0. The summed E-state index contributed by atoms with van der Waals surface area (Å²) >= 11 is 0. The summed E-state index contributed by atoms with van der Waals surface area (Å²) in [6, 6.07) is 0. The van der Waals surface area contributed by atoms with Crippen LogP contribution in [0.5, 0.6) is 0 Å². The Kier molecular flexibility index (Phi) is 2.20. The number of carboxylic acids is 1. The van der Waals surface area contributed by atoms with Crippen molar-refractivity contribution in [3.63, 3.8) is 0 Å². The molecule has 0 aromatic heterocycles. The zero-order valence-corrected chi connectivity index (χ0v) is 5.53. The Bertz CT molecular complexity index is 170. The number of carbonyl (C=O) groups is 1. The van der Waals surface area contributed by atoms with Crippen LogP contribution in [0.1, 0.15) is 6.42 Å². The van der Waals surface area contributed by atoms with Gasteiger partial charge in [0.1, 0.15) is 0 Å². The fraction of sp³-hybridized carbons (Fsp3) is 0.429. The minimum absolute atomic E-state index is 0.324. The van der Waals surface area contributed by atoms with Crippen LogP contribution < -0.4 is 0 Å². The van der Waals surface area contributed by atoms with Gasteiger partial charge in [-0.3, -0.25) is 9.79 Å². The van der Waals surface area contributed by atoms with E-state index in [1.807, 2.05) is 6.08 Å². The first kappa shape index (κ1) is 6.99. The van der Waals surface area contributed by atoms with E-state index < -0.39 is 5.97 Å². The molecule has 0 saturated heterocycles. The van der Waals surface area contributed by atoms with E-state index in [9.17, 15) is 4.79 Å². The Labute approximate surface area is 59.1 Å². The first-order chi connectivity index (χ1) is 4.80. The third-order valence-electron chi connectivity index (χ3n) is 1.42. The van der Waals surface area contributed by atoms with E-state index >= 15 is 0 Å². The molecular weight excluding hydrogens is 130 g/mol. The molecule has 3 nitrogen and oxygen atoms in total. The highest BCUT2D eigenvalue weighted by Gasteiger charge is 2.14. The second-order valence-electron chi connectivity index (χ2n) is 2.21. The van der Waals surface area contributed by atoms with Gasteiger partial charge >= 0.3 is 5.97 Å². The Morgan fingerprint density at radius 3 is 3.20 bits per heavy atom. The maximum atomic E-state index is 10.4. The van der Waals surface area contributed by atoms with E-state index in [1.165, 1.54) is 0 Å². The third-order valence-corrected chi connectivity index (χ3v) is 1.42. The van der Waals surface area contributed by atoms with Gasteiger partial charge in [0.2, 0.25) is 0 Å². The molecule has 0 fully saturated rings. The van der Waals surface area contributed by atoms with E-state index in [0.29, 0.717) is 13.0 Å². The normalized spacial score (nSPS) is 24.2. The summed E-state index contributed by atoms with van der Waals surface area (Å²) in [6.07, 6.45) is 5.84. The fourth-order valence-corrected chi connectivity index (χ4v) is 0.806. The molecule has 0 spiro atoms. The summed E-state index contributed by atoms with van der Waals surface area (Å²) in [6.45, 7) is 0.405. The second kappa shape index (κ2) is 3.15. The predicted octanol–water partition coefficient (Wildman–Crippen LogP) is 0.718. The van der Waals surface area contributed by atoms with E-state index in [0.717, 1.165) is 0 Å². The minimum atomic E-state index is -0.760. The number of nitrogens with zero attached hydrogens (tertiary/aromatic N) is 1. The smallest absolute Gasteiger partial charge is 0.308 e. The van der Waals surface area contributed by atoms with Crippen molar-refractivity contribution in [3.8, 4) is 0 Å². The predicted molar refractivity (Wildman–Crippen MR) is 38.2 cm³/mol. The van der Waals surface area contributed by atoms with Gasteiger partial charge < -0.3 is 5.11 Å². The van der Waals surface area contributed by atoms with Gasteiger partial charge in [-0.1, -0.05) is 6.08 Å². The van der Waals surface area contributed by atoms with Gasteiger partial charge in [0.25, 0.3) is 0 Å². The first-order valence-corrected chi connectivity index (χ1v) is 3.18. The Balaban J connectivity index is 2.55. The monoisotopic (exact) mass is 139 g/mol. The van der Waals surface area contributed by atoms with E-state index in [2.05, 4.69) is 4.99 Å². The van der Waals surface area contributed by atoms with Gasteiger partial charge in [0.05, 0.1) is 12.5 Å². The van der Waals surface area contributed by atoms with Crippen LogP contribution in [-0.4, -0.2) is 23.8 Å². The number of carboxylic acid groups (broad SMARTS) is 1. The number of aliphatic carboxylic acids is 1. The summed E-state index contributed by atoms with van der Waals surface area (Å²) in [5.74, 6) is -1.08. The lowest BCUT2D eigenvalue weighted by atomic mass is 10.1. The maximum absolute atomic E-state index is 10.4. The molecule has 1 heterocycles. The largest absolute Gasteiger partial charge is 0.481 e. The van der Waals surface area contributed by atoms with Gasteiger partial charge in [-0.05, 0) is 12.5 Å². The average molecular weight is 139 g/mol. The molecule has 0 saturated carbocycles. The van der Waals surface area contributed by atoms with Gasteiger partial charge in [0.15, 0.2) is 0 Å². The molecule has 0 amide bonds. The number of aliphatic imine (C=N–C) groups is 1. The molecule has 3 heteroatoms. The lowest BCUT2D eigenvalue weighted by molar-refractivity contribution is -0.141. The van der Waals surface area contributed by atoms with Gasteiger partial charge in [-0.25, -0.2) is 0 Å². The summed E-state index contributed by atoms with van der Waals surface area (Å²) in [7, 11) is 0. The van der Waals surface area contributed by atoms with Crippen LogP contribution in [0, 0.1) is 5.92 Å². The molecule has 1 unspecified atom stereocenters. The highest BCUT2D eigenvalue weighted by Crippen LogP contribution is 2.06. The molecule has 0 bridgehead atoms. The highest BCUT2D eigenvalue weighted by molar-refractivity contribution is 5.75. The Morgan fingerprint density at radius 1 is 1.70 bits per heavy atom. The van der Waals surface area contributed by atoms with Crippen LogP contribution >= 0.6 is 0 Å². The van der Waals surface area contributed by atoms with Crippen molar-refractivity contribution in [1.82, 2.24) is 0 Å². The second-order valence-corrected chi connectivity index (χ2v) is 2.21. The van der Waals surface area contributed by atoms with Crippen molar-refractivity contribution in [2.45, 2.75) is 6.42 Å². The number of hydrogen-bond acceptors (Lipinski definition) is 2. The lowest BCUT2D eigenvalue weighted by Gasteiger charge is -2.02. The molecule has 1 aliphatic rings. The molecular formula is C7H9NO2. The molecule has 1 atom stereocenters. The number of rotatable bonds is 1. The molecule has 1 N–H and O–H groups in total. The molecule has 10 heavy (non-hydrogen) atoms. The van der Waals surface area contributed by atoms with Crippen LogP contribution in [0.4, 0.5) is 0 Å². The van der Waals surface area contributed by atoms with Crippen molar-refractivity contribution < 1.29 is 9.90 Å². The van der Waals surface area contributed by atoms with Crippen molar-refractivity contribution in [3.05, 3.63) is 12.2 Å². The third kappa shape index (κ3) is 1.69.